The van der Waals surface area contributed by atoms with E-state index >= 15 is 0 Å². The van der Waals surface area contributed by atoms with Gasteiger partial charge in [0.05, 0.1) is 4.70 Å². The number of carboxylic acid groups (broad SMARTS) is 1. The number of carbonyl (C=O) groups is 2. The molecule has 0 radical (unpaired) electrons. The van der Waals surface area contributed by atoms with E-state index in [1.54, 1.807) is 11.4 Å². The molecule has 0 bridgehead atoms. The molecule has 2 heterocycles. The van der Waals surface area contributed by atoms with Crippen molar-refractivity contribution >= 4 is 49.2 Å². The first-order valence-electron chi connectivity index (χ1n) is 4.76. The molecule has 0 fully saturated rings. The quantitative estimate of drug-likeness (QED) is 0.742. The number of amides is 1. The van der Waals surface area contributed by atoms with Gasteiger partial charge in [0.25, 0.3) is 5.91 Å². The maximum absolute atomic E-state index is 11.7. The average Bonchev–Trinajstić information content (AvgIpc) is 2.80. The van der Waals surface area contributed by atoms with Gasteiger partial charge in [0.15, 0.2) is 11.4 Å². The van der Waals surface area contributed by atoms with E-state index < -0.39 is 18.4 Å². The second-order valence-corrected chi connectivity index (χ2v) is 5.01. The van der Waals surface area contributed by atoms with Crippen LogP contribution in [0.2, 0.25) is 0 Å². The van der Waals surface area contributed by atoms with Crippen LogP contribution in [0.4, 0.5) is 0 Å². The van der Waals surface area contributed by atoms with E-state index in [1.165, 1.54) is 11.3 Å². The number of pyridine rings is 1. The summed E-state index contributed by atoms with van der Waals surface area (Å²) in [4.78, 5) is 25.9. The van der Waals surface area contributed by atoms with Gasteiger partial charge in [0, 0.05) is 5.39 Å². The summed E-state index contributed by atoms with van der Waals surface area (Å²) in [5.41, 5.74) is -0.196. The lowest BCUT2D eigenvalue weighted by Crippen LogP contribution is -2.30. The Morgan fingerprint density at radius 3 is 2.89 bits per heavy atom. The average molecular weight is 331 g/mol. The van der Waals surface area contributed by atoms with Crippen molar-refractivity contribution < 1.29 is 19.8 Å². The zero-order valence-electron chi connectivity index (χ0n) is 8.81. The number of aromatic hydroxyl groups is 1. The number of carbonyl (C=O) groups excluding carboxylic acids is 1. The molecule has 6 nitrogen and oxygen atoms in total. The van der Waals surface area contributed by atoms with Crippen LogP contribution >= 0.6 is 27.3 Å². The molecule has 0 aromatic carbocycles. The van der Waals surface area contributed by atoms with Gasteiger partial charge in [0.1, 0.15) is 11.1 Å². The monoisotopic (exact) mass is 330 g/mol. The van der Waals surface area contributed by atoms with Gasteiger partial charge in [-0.1, -0.05) is 0 Å². The molecule has 0 unspecified atom stereocenters. The summed E-state index contributed by atoms with van der Waals surface area (Å²) < 4.78 is 0.953. The summed E-state index contributed by atoms with van der Waals surface area (Å²) in [6, 6.07) is 1.76. The maximum Gasteiger partial charge on any atom is 0.322 e. The number of hydrogen-bond donors (Lipinski definition) is 3. The Morgan fingerprint density at radius 1 is 1.50 bits per heavy atom. The van der Waals surface area contributed by atoms with Crippen LogP contribution in [-0.4, -0.2) is 33.6 Å². The van der Waals surface area contributed by atoms with Gasteiger partial charge in [0.2, 0.25) is 0 Å². The Kier molecular flexibility index (Phi) is 3.48. The van der Waals surface area contributed by atoms with Crippen LogP contribution in [-0.2, 0) is 4.79 Å². The van der Waals surface area contributed by atoms with Gasteiger partial charge in [-0.05, 0) is 27.4 Å². The molecule has 94 valence electrons. The third-order valence-electron chi connectivity index (χ3n) is 2.15. The van der Waals surface area contributed by atoms with Gasteiger partial charge in [-0.2, -0.15) is 0 Å². The molecule has 1 amide bonds. The van der Waals surface area contributed by atoms with Crippen LogP contribution in [0.25, 0.3) is 10.1 Å². The Hall–Kier alpha value is -1.67. The lowest BCUT2D eigenvalue weighted by molar-refractivity contribution is -0.135. The van der Waals surface area contributed by atoms with Crippen molar-refractivity contribution in [2.45, 2.75) is 0 Å². The number of thiophene rings is 1. The number of aromatic nitrogens is 1. The van der Waals surface area contributed by atoms with Gasteiger partial charge in [-0.25, -0.2) is 4.98 Å². The van der Waals surface area contributed by atoms with Gasteiger partial charge in [-0.3, -0.25) is 9.59 Å². The molecule has 0 aliphatic heterocycles. The fraction of sp³-hybridized carbons (Fsp3) is 0.100. The van der Waals surface area contributed by atoms with Crippen molar-refractivity contribution in [2.75, 3.05) is 6.54 Å². The number of rotatable bonds is 3. The molecule has 0 spiro atoms. The maximum atomic E-state index is 11.7. The van der Waals surface area contributed by atoms with Crippen molar-refractivity contribution in [1.82, 2.24) is 10.3 Å². The zero-order valence-corrected chi connectivity index (χ0v) is 11.2. The van der Waals surface area contributed by atoms with Crippen LogP contribution in [0.1, 0.15) is 10.5 Å². The van der Waals surface area contributed by atoms with E-state index in [0.29, 0.717) is 14.7 Å². The van der Waals surface area contributed by atoms with Crippen molar-refractivity contribution in [2.24, 2.45) is 0 Å². The minimum Gasteiger partial charge on any atom is -0.504 e. The topological polar surface area (TPSA) is 99.5 Å². The Morgan fingerprint density at radius 2 is 2.22 bits per heavy atom. The van der Waals surface area contributed by atoms with E-state index in [4.69, 9.17) is 5.11 Å². The fourth-order valence-electron chi connectivity index (χ4n) is 1.37. The van der Waals surface area contributed by atoms with Gasteiger partial charge < -0.3 is 15.5 Å². The second-order valence-electron chi connectivity index (χ2n) is 3.34. The van der Waals surface area contributed by atoms with Crippen LogP contribution in [0.15, 0.2) is 16.0 Å². The lowest BCUT2D eigenvalue weighted by Gasteiger charge is -2.06. The van der Waals surface area contributed by atoms with Crippen LogP contribution in [0.5, 0.6) is 5.75 Å². The van der Waals surface area contributed by atoms with Crippen LogP contribution in [0, 0.1) is 0 Å². The first-order valence-corrected chi connectivity index (χ1v) is 6.43. The molecule has 0 saturated carbocycles. The number of carboxylic acids is 1. The number of aliphatic carboxylic acids is 1. The minimum atomic E-state index is -1.17. The third kappa shape index (κ3) is 2.29. The molecule has 0 saturated heterocycles. The first kappa shape index (κ1) is 12.8. The first-order chi connectivity index (χ1) is 8.50. The largest absolute Gasteiger partial charge is 0.504 e. The fourth-order valence-corrected chi connectivity index (χ4v) is 2.85. The standard InChI is InChI=1S/C10H7BrN2O4S/c11-9-4-1-2-18-8(4)7(16)6(13-9)10(17)12-3-5(14)15/h1-2,16H,3H2,(H,12,17)(H,14,15). The van der Waals surface area contributed by atoms with E-state index in [-0.39, 0.29) is 11.4 Å². The summed E-state index contributed by atoms with van der Waals surface area (Å²) in [6.07, 6.45) is 0. The van der Waals surface area contributed by atoms with E-state index in [1.807, 2.05) is 0 Å². The Bertz CT molecular complexity index is 640. The summed E-state index contributed by atoms with van der Waals surface area (Å²) in [6.45, 7) is -0.528. The highest BCUT2D eigenvalue weighted by molar-refractivity contribution is 9.10. The van der Waals surface area contributed by atoms with E-state index in [0.717, 1.165) is 0 Å². The molecule has 2 aromatic rings. The molecule has 18 heavy (non-hydrogen) atoms. The second kappa shape index (κ2) is 4.91. The Balaban J connectivity index is 2.41. The Labute approximate surface area is 113 Å². The molecular formula is C10H7BrN2O4S. The molecule has 3 N–H and O–H groups in total. The number of halogens is 1. The summed E-state index contributed by atoms with van der Waals surface area (Å²) >= 11 is 4.47. The van der Waals surface area contributed by atoms with Gasteiger partial charge in [-0.15, -0.1) is 11.3 Å². The SMILES string of the molecule is O=C(O)CNC(=O)c1nc(Br)c2ccsc2c1O. The normalized spacial score (nSPS) is 10.5. The molecule has 8 heteroatoms. The highest BCUT2D eigenvalue weighted by Crippen LogP contribution is 2.35. The van der Waals surface area contributed by atoms with E-state index in [9.17, 15) is 14.7 Å². The van der Waals surface area contributed by atoms with Crippen LogP contribution < -0.4 is 5.32 Å². The molecule has 2 aromatic heterocycles. The summed E-state index contributed by atoms with van der Waals surface area (Å²) in [5, 5.41) is 23.0. The van der Waals surface area contributed by atoms with Gasteiger partial charge >= 0.3 is 5.97 Å². The number of hydrogen-bond acceptors (Lipinski definition) is 5. The molecule has 0 atom stereocenters. The molecule has 2 rings (SSSR count). The highest BCUT2D eigenvalue weighted by Gasteiger charge is 2.19. The zero-order chi connectivity index (χ0) is 13.3. The van der Waals surface area contributed by atoms with Crippen molar-refractivity contribution in [3.8, 4) is 5.75 Å². The molecular weight excluding hydrogens is 324 g/mol. The van der Waals surface area contributed by atoms with Crippen molar-refractivity contribution in [1.29, 1.82) is 0 Å². The minimum absolute atomic E-state index is 0.196. The predicted molar refractivity (Wildman–Crippen MR) is 69.0 cm³/mol. The smallest absolute Gasteiger partial charge is 0.322 e. The lowest BCUT2D eigenvalue weighted by atomic mass is 10.2. The third-order valence-corrected chi connectivity index (χ3v) is 3.68. The molecule has 0 aliphatic rings. The summed E-state index contributed by atoms with van der Waals surface area (Å²) in [5.74, 6) is -2.14. The number of nitrogens with one attached hydrogen (secondary N) is 1. The number of nitrogens with zero attached hydrogens (tertiary/aromatic N) is 1. The van der Waals surface area contributed by atoms with Crippen molar-refractivity contribution in [3.63, 3.8) is 0 Å². The van der Waals surface area contributed by atoms with Crippen molar-refractivity contribution in [3.05, 3.63) is 21.7 Å². The van der Waals surface area contributed by atoms with E-state index in [2.05, 4.69) is 26.2 Å². The highest BCUT2D eigenvalue weighted by atomic mass is 79.9. The summed E-state index contributed by atoms with van der Waals surface area (Å²) in [7, 11) is 0. The number of fused-ring (bicyclic) bond motifs is 1. The van der Waals surface area contributed by atoms with Crippen LogP contribution in [0.3, 0.4) is 0 Å². The molecule has 0 aliphatic carbocycles. The predicted octanol–water partition coefficient (Wildman–Crippen LogP) is 1.58.